The van der Waals surface area contributed by atoms with Gasteiger partial charge in [-0.25, -0.2) is 4.39 Å². The Hall–Kier alpha value is -1.14. The quantitative estimate of drug-likeness (QED) is 0.789. The first kappa shape index (κ1) is 16.2. The lowest BCUT2D eigenvalue weighted by atomic mass is 10.0. The number of alkyl halides is 3. The third kappa shape index (κ3) is 4.41. The summed E-state index contributed by atoms with van der Waals surface area (Å²) in [6, 6.07) is 3.58. The van der Waals surface area contributed by atoms with E-state index < -0.39 is 17.6 Å². The molecule has 1 heterocycles. The minimum atomic E-state index is -4.63. The highest BCUT2D eigenvalue weighted by Gasteiger charge is 2.36. The number of hydrogen-bond acceptors (Lipinski definition) is 2. The van der Waals surface area contributed by atoms with E-state index in [1.165, 1.54) is 12.1 Å². The van der Waals surface area contributed by atoms with Crippen molar-refractivity contribution in [1.82, 2.24) is 9.80 Å². The SMILES string of the molecule is CN1CCN(CCCc2cccc(F)c2C(F)(F)F)CC1. The van der Waals surface area contributed by atoms with E-state index in [9.17, 15) is 17.6 Å². The van der Waals surface area contributed by atoms with Crippen LogP contribution in [-0.2, 0) is 12.6 Å². The molecule has 6 heteroatoms. The lowest BCUT2D eigenvalue weighted by Crippen LogP contribution is -2.44. The van der Waals surface area contributed by atoms with Crippen LogP contribution in [-0.4, -0.2) is 49.6 Å². The second-order valence-electron chi connectivity index (χ2n) is 5.52. The maximum atomic E-state index is 13.4. The summed E-state index contributed by atoms with van der Waals surface area (Å²) in [5.41, 5.74) is -1.06. The van der Waals surface area contributed by atoms with Crippen molar-refractivity contribution < 1.29 is 17.6 Å². The zero-order chi connectivity index (χ0) is 15.5. The van der Waals surface area contributed by atoms with Crippen molar-refractivity contribution in [2.45, 2.75) is 19.0 Å². The van der Waals surface area contributed by atoms with Crippen molar-refractivity contribution in [3.8, 4) is 0 Å². The Morgan fingerprint density at radius 1 is 1.10 bits per heavy atom. The monoisotopic (exact) mass is 304 g/mol. The summed E-state index contributed by atoms with van der Waals surface area (Å²) < 4.78 is 52.1. The van der Waals surface area contributed by atoms with Gasteiger partial charge in [-0.1, -0.05) is 12.1 Å². The molecule has 0 saturated carbocycles. The molecule has 2 rings (SSSR count). The Balaban J connectivity index is 1.93. The second kappa shape index (κ2) is 6.75. The number of halogens is 4. The Morgan fingerprint density at radius 2 is 1.76 bits per heavy atom. The summed E-state index contributed by atoms with van der Waals surface area (Å²) >= 11 is 0. The fourth-order valence-electron chi connectivity index (χ4n) is 2.66. The lowest BCUT2D eigenvalue weighted by molar-refractivity contribution is -0.140. The van der Waals surface area contributed by atoms with Gasteiger partial charge in [-0.2, -0.15) is 13.2 Å². The van der Waals surface area contributed by atoms with Gasteiger partial charge in [-0.15, -0.1) is 0 Å². The Kier molecular flexibility index (Phi) is 5.22. The van der Waals surface area contributed by atoms with Crippen LogP contribution in [0, 0.1) is 5.82 Å². The lowest BCUT2D eigenvalue weighted by Gasteiger charge is -2.32. The number of aryl methyl sites for hydroxylation is 1. The number of rotatable bonds is 4. The van der Waals surface area contributed by atoms with E-state index in [1.807, 2.05) is 0 Å². The highest BCUT2D eigenvalue weighted by atomic mass is 19.4. The van der Waals surface area contributed by atoms with Crippen molar-refractivity contribution in [2.24, 2.45) is 0 Å². The Morgan fingerprint density at radius 3 is 2.38 bits per heavy atom. The molecular formula is C15H20F4N2. The molecule has 0 N–H and O–H groups in total. The zero-order valence-electron chi connectivity index (χ0n) is 12.1. The standard InChI is InChI=1S/C15H20F4N2/c1-20-8-10-21(11-9-20)7-3-5-12-4-2-6-13(16)14(12)15(17,18)19/h2,4,6H,3,5,7-11H2,1H3. The Labute approximate surface area is 122 Å². The van der Waals surface area contributed by atoms with Gasteiger partial charge >= 0.3 is 6.18 Å². The molecule has 1 aromatic carbocycles. The smallest absolute Gasteiger partial charge is 0.304 e. The molecule has 0 unspecified atom stereocenters. The molecule has 2 nitrogen and oxygen atoms in total. The van der Waals surface area contributed by atoms with E-state index in [1.54, 1.807) is 0 Å². The van der Waals surface area contributed by atoms with Gasteiger partial charge in [0.25, 0.3) is 0 Å². The van der Waals surface area contributed by atoms with Crippen LogP contribution >= 0.6 is 0 Å². The summed E-state index contributed by atoms with van der Waals surface area (Å²) in [6.07, 6.45) is -3.77. The molecule has 1 fully saturated rings. The van der Waals surface area contributed by atoms with Crippen molar-refractivity contribution >= 4 is 0 Å². The van der Waals surface area contributed by atoms with Crippen LogP contribution in [0.2, 0.25) is 0 Å². The zero-order valence-corrected chi connectivity index (χ0v) is 12.1. The summed E-state index contributed by atoms with van der Waals surface area (Å²) in [7, 11) is 2.06. The first-order valence-corrected chi connectivity index (χ1v) is 7.13. The van der Waals surface area contributed by atoms with Gasteiger partial charge in [0.15, 0.2) is 0 Å². The number of likely N-dealkylation sites (N-methyl/N-ethyl adjacent to an activating group) is 1. The van der Waals surface area contributed by atoms with Gasteiger partial charge in [0.2, 0.25) is 0 Å². The van der Waals surface area contributed by atoms with E-state index in [0.29, 0.717) is 6.42 Å². The molecule has 0 amide bonds. The predicted octanol–water partition coefficient (Wildman–Crippen LogP) is 3.02. The minimum Gasteiger partial charge on any atom is -0.304 e. The number of piperazine rings is 1. The average molecular weight is 304 g/mol. The average Bonchev–Trinajstić information content (AvgIpc) is 2.39. The molecule has 1 aromatic rings. The normalized spacial score (nSPS) is 18.1. The van der Waals surface area contributed by atoms with Gasteiger partial charge in [0, 0.05) is 26.2 Å². The molecule has 21 heavy (non-hydrogen) atoms. The molecule has 1 saturated heterocycles. The number of hydrogen-bond donors (Lipinski definition) is 0. The first-order valence-electron chi connectivity index (χ1n) is 7.13. The molecule has 0 aliphatic carbocycles. The largest absolute Gasteiger partial charge is 0.419 e. The van der Waals surface area contributed by atoms with Crippen LogP contribution < -0.4 is 0 Å². The molecule has 0 aromatic heterocycles. The van der Waals surface area contributed by atoms with Crippen LogP contribution in [0.15, 0.2) is 18.2 Å². The van der Waals surface area contributed by atoms with Crippen molar-refractivity contribution in [1.29, 1.82) is 0 Å². The third-order valence-electron chi connectivity index (χ3n) is 3.90. The summed E-state index contributed by atoms with van der Waals surface area (Å²) in [5, 5.41) is 0. The highest BCUT2D eigenvalue weighted by Crippen LogP contribution is 2.34. The van der Waals surface area contributed by atoms with E-state index in [2.05, 4.69) is 16.8 Å². The van der Waals surface area contributed by atoms with Gasteiger partial charge in [0.1, 0.15) is 5.82 Å². The topological polar surface area (TPSA) is 6.48 Å². The number of benzene rings is 1. The summed E-state index contributed by atoms with van der Waals surface area (Å²) in [6.45, 7) is 4.58. The van der Waals surface area contributed by atoms with Gasteiger partial charge in [-0.3, -0.25) is 0 Å². The minimum absolute atomic E-state index is 0.0524. The molecule has 118 valence electrons. The van der Waals surface area contributed by atoms with E-state index in [4.69, 9.17) is 0 Å². The highest BCUT2D eigenvalue weighted by molar-refractivity contribution is 5.31. The van der Waals surface area contributed by atoms with Gasteiger partial charge < -0.3 is 9.80 Å². The number of nitrogens with zero attached hydrogens (tertiary/aromatic N) is 2. The fourth-order valence-corrected chi connectivity index (χ4v) is 2.66. The van der Waals surface area contributed by atoms with Crippen LogP contribution in [0.1, 0.15) is 17.5 Å². The molecule has 0 radical (unpaired) electrons. The van der Waals surface area contributed by atoms with Crippen LogP contribution in [0.4, 0.5) is 17.6 Å². The molecule has 1 aliphatic heterocycles. The van der Waals surface area contributed by atoms with Gasteiger partial charge in [-0.05, 0) is 38.1 Å². The van der Waals surface area contributed by atoms with Crippen LogP contribution in [0.3, 0.4) is 0 Å². The second-order valence-corrected chi connectivity index (χ2v) is 5.52. The molecular weight excluding hydrogens is 284 g/mol. The van der Waals surface area contributed by atoms with Gasteiger partial charge in [0.05, 0.1) is 5.56 Å². The maximum absolute atomic E-state index is 13.4. The van der Waals surface area contributed by atoms with Crippen LogP contribution in [0.25, 0.3) is 0 Å². The summed E-state index contributed by atoms with van der Waals surface area (Å²) in [4.78, 5) is 4.47. The van der Waals surface area contributed by atoms with Crippen molar-refractivity contribution in [2.75, 3.05) is 39.8 Å². The summed E-state index contributed by atoms with van der Waals surface area (Å²) in [5.74, 6) is -1.18. The molecule has 0 spiro atoms. The maximum Gasteiger partial charge on any atom is 0.419 e. The molecule has 0 atom stereocenters. The fraction of sp³-hybridized carbons (Fsp3) is 0.600. The van der Waals surface area contributed by atoms with E-state index >= 15 is 0 Å². The Bertz CT molecular complexity index is 465. The van der Waals surface area contributed by atoms with E-state index in [0.717, 1.165) is 38.8 Å². The van der Waals surface area contributed by atoms with Crippen molar-refractivity contribution in [3.63, 3.8) is 0 Å². The predicted molar refractivity (Wildman–Crippen MR) is 73.7 cm³/mol. The molecule has 1 aliphatic rings. The first-order chi connectivity index (χ1) is 9.88. The third-order valence-corrected chi connectivity index (χ3v) is 3.90. The molecule has 0 bridgehead atoms. The van der Waals surface area contributed by atoms with Crippen LogP contribution in [0.5, 0.6) is 0 Å². The van der Waals surface area contributed by atoms with E-state index in [-0.39, 0.29) is 12.0 Å². The van der Waals surface area contributed by atoms with Crippen molar-refractivity contribution in [3.05, 3.63) is 35.1 Å².